The van der Waals surface area contributed by atoms with Crippen molar-refractivity contribution >= 4 is 17.8 Å². The van der Waals surface area contributed by atoms with Gasteiger partial charge >= 0.3 is 6.16 Å². The molecule has 0 spiro atoms. The number of nitrogens with zero attached hydrogens (tertiary/aromatic N) is 1. The van der Waals surface area contributed by atoms with Crippen LogP contribution in [0.4, 0.5) is 14.9 Å². The van der Waals surface area contributed by atoms with Crippen molar-refractivity contribution < 1.29 is 19.1 Å². The van der Waals surface area contributed by atoms with Crippen LogP contribution in [-0.2, 0) is 4.84 Å². The third-order valence-corrected chi connectivity index (χ3v) is 1.46. The topological polar surface area (TPSA) is 99.6 Å². The Hall–Kier alpha value is -2.31. The number of anilines is 1. The lowest BCUT2D eigenvalue weighted by Gasteiger charge is -2.19. The highest BCUT2D eigenvalue weighted by Crippen LogP contribution is 2.18. The highest BCUT2D eigenvalue weighted by atomic mass is 19.1. The molecule has 0 bridgehead atoms. The minimum absolute atomic E-state index is 0.243. The van der Waals surface area contributed by atoms with Crippen molar-refractivity contribution in [2.75, 3.05) is 5.06 Å². The number of nitrogens with one attached hydrogen (secondary N) is 1. The van der Waals surface area contributed by atoms with Gasteiger partial charge in [-0.25, -0.2) is 9.18 Å². The van der Waals surface area contributed by atoms with Crippen molar-refractivity contribution in [2.45, 2.75) is 0 Å². The van der Waals surface area contributed by atoms with Gasteiger partial charge in [-0.15, -0.1) is 5.06 Å². The van der Waals surface area contributed by atoms with E-state index in [0.29, 0.717) is 5.06 Å². The van der Waals surface area contributed by atoms with Crippen LogP contribution in [-0.4, -0.2) is 17.2 Å². The second kappa shape index (κ2) is 4.27. The number of para-hydroxylation sites is 1. The smallest absolute Gasteiger partial charge is 0.448 e. The third kappa shape index (κ3) is 2.56. The fourth-order valence-corrected chi connectivity index (χ4v) is 0.923. The Balaban J connectivity index is 3.04. The number of halogens is 1. The molecule has 0 amide bonds. The molecule has 0 fully saturated rings. The summed E-state index contributed by atoms with van der Waals surface area (Å²) in [6.45, 7) is 0. The monoisotopic (exact) mass is 213 g/mol. The van der Waals surface area contributed by atoms with Crippen LogP contribution < -0.4 is 10.8 Å². The molecule has 0 unspecified atom stereocenters. The van der Waals surface area contributed by atoms with Crippen LogP contribution in [0.3, 0.4) is 0 Å². The minimum Gasteiger partial charge on any atom is -0.448 e. The number of benzene rings is 1. The molecule has 0 aliphatic carbocycles. The first-order valence-corrected chi connectivity index (χ1v) is 3.82. The Bertz CT molecular complexity index is 396. The van der Waals surface area contributed by atoms with E-state index in [4.69, 9.17) is 16.2 Å². The molecule has 0 aliphatic rings. The average Bonchev–Trinajstić information content (AvgIpc) is 2.15. The summed E-state index contributed by atoms with van der Waals surface area (Å²) in [6, 6.07) is 5.20. The molecule has 1 rings (SSSR count). The number of hydrogen-bond donors (Lipinski definition) is 3. The molecule has 0 saturated heterocycles. The molecule has 1 aromatic rings. The fraction of sp³-hybridized carbons (Fsp3) is 0. The van der Waals surface area contributed by atoms with Gasteiger partial charge in [0, 0.05) is 0 Å². The van der Waals surface area contributed by atoms with Crippen molar-refractivity contribution in [3.8, 4) is 0 Å². The Morgan fingerprint density at radius 2 is 2.13 bits per heavy atom. The molecular weight excluding hydrogens is 205 g/mol. The molecule has 6 nitrogen and oxygen atoms in total. The van der Waals surface area contributed by atoms with E-state index in [2.05, 4.69) is 4.84 Å². The van der Waals surface area contributed by atoms with Crippen LogP contribution in [0.5, 0.6) is 0 Å². The van der Waals surface area contributed by atoms with E-state index in [1.54, 1.807) is 0 Å². The van der Waals surface area contributed by atoms with Crippen LogP contribution in [0.25, 0.3) is 0 Å². The van der Waals surface area contributed by atoms with Gasteiger partial charge in [0.1, 0.15) is 11.5 Å². The lowest BCUT2D eigenvalue weighted by molar-refractivity contribution is 0.0937. The maximum Gasteiger partial charge on any atom is 0.531 e. The number of guanidine groups is 1. The normalized spacial score (nSPS) is 9.40. The lowest BCUT2D eigenvalue weighted by atomic mass is 10.3. The van der Waals surface area contributed by atoms with E-state index in [1.165, 1.54) is 18.2 Å². The Morgan fingerprint density at radius 1 is 1.53 bits per heavy atom. The van der Waals surface area contributed by atoms with Gasteiger partial charge in [0.05, 0.1) is 0 Å². The van der Waals surface area contributed by atoms with E-state index >= 15 is 0 Å². The number of rotatable bonds is 1. The second-order valence-corrected chi connectivity index (χ2v) is 2.49. The van der Waals surface area contributed by atoms with Gasteiger partial charge in [0.15, 0.2) is 0 Å². The highest BCUT2D eigenvalue weighted by molar-refractivity contribution is 5.91. The van der Waals surface area contributed by atoms with E-state index in [1.807, 2.05) is 0 Å². The van der Waals surface area contributed by atoms with Crippen molar-refractivity contribution in [1.82, 2.24) is 0 Å². The predicted molar refractivity (Wildman–Crippen MR) is 49.9 cm³/mol. The molecule has 0 atom stereocenters. The highest BCUT2D eigenvalue weighted by Gasteiger charge is 2.18. The van der Waals surface area contributed by atoms with Crippen LogP contribution in [0, 0.1) is 11.2 Å². The van der Waals surface area contributed by atoms with Crippen LogP contribution in [0.15, 0.2) is 24.3 Å². The number of carbonyl (C=O) groups is 1. The lowest BCUT2D eigenvalue weighted by Crippen LogP contribution is -2.38. The Kier molecular flexibility index (Phi) is 3.06. The van der Waals surface area contributed by atoms with Gasteiger partial charge in [0.25, 0.3) is 0 Å². The van der Waals surface area contributed by atoms with E-state index in [0.717, 1.165) is 6.07 Å². The molecular formula is C8H8FN3O3. The van der Waals surface area contributed by atoms with Crippen molar-refractivity contribution in [2.24, 2.45) is 5.73 Å². The molecule has 0 aliphatic heterocycles. The molecule has 1 aromatic carbocycles. The summed E-state index contributed by atoms with van der Waals surface area (Å²) in [7, 11) is 0. The molecule has 7 heteroatoms. The Morgan fingerprint density at radius 3 is 2.60 bits per heavy atom. The zero-order chi connectivity index (χ0) is 11.4. The second-order valence-electron chi connectivity index (χ2n) is 2.49. The number of nitrogens with two attached hydrogens (primary N) is 1. The molecule has 0 aromatic heterocycles. The van der Waals surface area contributed by atoms with E-state index in [-0.39, 0.29) is 5.69 Å². The Labute approximate surface area is 84.1 Å². The van der Waals surface area contributed by atoms with Crippen LogP contribution >= 0.6 is 0 Å². The summed E-state index contributed by atoms with van der Waals surface area (Å²) in [5, 5.41) is 15.7. The minimum atomic E-state index is -1.69. The van der Waals surface area contributed by atoms with Crippen LogP contribution in [0.2, 0.25) is 0 Å². The molecule has 4 N–H and O–H groups in total. The maximum absolute atomic E-state index is 13.2. The largest absolute Gasteiger partial charge is 0.531 e. The average molecular weight is 213 g/mol. The molecule has 0 heterocycles. The van der Waals surface area contributed by atoms with E-state index in [9.17, 15) is 9.18 Å². The summed E-state index contributed by atoms with van der Waals surface area (Å²) in [4.78, 5) is 14.4. The van der Waals surface area contributed by atoms with E-state index < -0.39 is 17.9 Å². The summed E-state index contributed by atoms with van der Waals surface area (Å²) in [5.41, 5.74) is 4.80. The van der Waals surface area contributed by atoms with Gasteiger partial charge < -0.3 is 10.8 Å². The van der Waals surface area contributed by atoms with Gasteiger partial charge in [-0.05, 0) is 12.1 Å². The first kappa shape index (κ1) is 10.8. The summed E-state index contributed by atoms with van der Waals surface area (Å²) in [6.07, 6.45) is -1.69. The molecule has 80 valence electrons. The van der Waals surface area contributed by atoms with Crippen LogP contribution in [0.1, 0.15) is 0 Å². The van der Waals surface area contributed by atoms with Crippen molar-refractivity contribution in [3.63, 3.8) is 0 Å². The maximum atomic E-state index is 13.2. The summed E-state index contributed by atoms with van der Waals surface area (Å²) < 4.78 is 13.2. The fourth-order valence-electron chi connectivity index (χ4n) is 0.923. The zero-order valence-corrected chi connectivity index (χ0v) is 7.48. The van der Waals surface area contributed by atoms with Gasteiger partial charge in [-0.2, -0.15) is 0 Å². The summed E-state index contributed by atoms with van der Waals surface area (Å²) in [5.74, 6) is -1.48. The van der Waals surface area contributed by atoms with Crippen molar-refractivity contribution in [1.29, 1.82) is 5.41 Å². The predicted octanol–water partition coefficient (Wildman–Crippen LogP) is 1.14. The van der Waals surface area contributed by atoms with Gasteiger partial charge in [0.2, 0.25) is 5.96 Å². The molecule has 0 radical (unpaired) electrons. The SMILES string of the molecule is N=C(N)N(OC(=O)O)c1ccccc1F. The van der Waals surface area contributed by atoms with Gasteiger partial charge in [-0.3, -0.25) is 10.2 Å². The zero-order valence-electron chi connectivity index (χ0n) is 7.48. The quantitative estimate of drug-likeness (QED) is 0.369. The van der Waals surface area contributed by atoms with Crippen molar-refractivity contribution in [3.05, 3.63) is 30.1 Å². The third-order valence-electron chi connectivity index (χ3n) is 1.46. The number of carboxylic acid groups (broad SMARTS) is 1. The number of hydrogen-bond acceptors (Lipinski definition) is 3. The number of hydroxylamine groups is 1. The molecule has 0 saturated carbocycles. The standard InChI is InChI=1S/C8H8FN3O3/c9-5-3-1-2-4-6(5)12(7(10)11)15-8(13)14/h1-4H,(H3,10,11)(H,13,14). The van der Waals surface area contributed by atoms with Gasteiger partial charge in [-0.1, -0.05) is 12.1 Å². The summed E-state index contributed by atoms with van der Waals surface area (Å²) >= 11 is 0. The molecule has 15 heavy (non-hydrogen) atoms. The first-order valence-electron chi connectivity index (χ1n) is 3.82. The first-order chi connectivity index (χ1) is 7.02.